The van der Waals surface area contributed by atoms with Crippen molar-refractivity contribution in [3.05, 3.63) is 63.0 Å². The highest BCUT2D eigenvalue weighted by atomic mass is 79.9. The summed E-state index contributed by atoms with van der Waals surface area (Å²) in [5.74, 6) is 0.914. The van der Waals surface area contributed by atoms with Crippen LogP contribution < -0.4 is 9.47 Å². The van der Waals surface area contributed by atoms with Gasteiger partial charge >= 0.3 is 0 Å². The summed E-state index contributed by atoms with van der Waals surface area (Å²) >= 11 is 4.37. The Morgan fingerprint density at radius 2 is 1.88 bits per heavy atom. The fourth-order valence-corrected chi connectivity index (χ4v) is 3.75. The number of carbonyl (C=O) groups is 2. The highest BCUT2D eigenvalue weighted by Gasteiger charge is 2.35. The largest absolute Gasteiger partial charge is 0.497 e. The van der Waals surface area contributed by atoms with Crippen molar-refractivity contribution in [2.45, 2.75) is 6.54 Å². The third-order valence-corrected chi connectivity index (χ3v) is 5.57. The minimum absolute atomic E-state index is 0.225. The number of nitrogens with zero attached hydrogens (tertiary/aromatic N) is 1. The minimum Gasteiger partial charge on any atom is -0.497 e. The third-order valence-electron chi connectivity index (χ3n) is 3.89. The molecule has 0 aliphatic carbocycles. The number of ether oxygens (including phenoxy) is 2. The van der Waals surface area contributed by atoms with Gasteiger partial charge in [0.1, 0.15) is 11.5 Å². The summed E-state index contributed by atoms with van der Waals surface area (Å²) in [5, 5.41) is -0.288. The fourth-order valence-electron chi connectivity index (χ4n) is 2.51. The first kappa shape index (κ1) is 18.5. The van der Waals surface area contributed by atoms with E-state index in [2.05, 4.69) is 15.9 Å². The predicted molar refractivity (Wildman–Crippen MR) is 105 cm³/mol. The second kappa shape index (κ2) is 7.97. The van der Waals surface area contributed by atoms with Crippen molar-refractivity contribution in [3.63, 3.8) is 0 Å². The van der Waals surface area contributed by atoms with Crippen LogP contribution in [0.4, 0.5) is 4.79 Å². The molecule has 0 spiro atoms. The maximum absolute atomic E-state index is 12.7. The Labute approximate surface area is 164 Å². The number of rotatable bonds is 5. The highest BCUT2D eigenvalue weighted by molar-refractivity contribution is 9.10. The van der Waals surface area contributed by atoms with Gasteiger partial charge in [-0.3, -0.25) is 14.5 Å². The zero-order valence-electron chi connectivity index (χ0n) is 14.2. The van der Waals surface area contributed by atoms with E-state index in [1.165, 1.54) is 4.90 Å². The summed E-state index contributed by atoms with van der Waals surface area (Å²) in [4.78, 5) is 26.6. The number of carbonyl (C=O) groups excluding carboxylic acids is 2. The van der Waals surface area contributed by atoms with Crippen LogP contribution in [0, 0.1) is 0 Å². The summed E-state index contributed by atoms with van der Waals surface area (Å²) in [5.41, 5.74) is 1.58. The van der Waals surface area contributed by atoms with Gasteiger partial charge in [0.25, 0.3) is 11.1 Å². The van der Waals surface area contributed by atoms with E-state index in [1.54, 1.807) is 38.5 Å². The lowest BCUT2D eigenvalue weighted by Crippen LogP contribution is -2.27. The molecule has 26 heavy (non-hydrogen) atoms. The lowest BCUT2D eigenvalue weighted by Gasteiger charge is -2.13. The Morgan fingerprint density at radius 1 is 1.12 bits per heavy atom. The Kier molecular flexibility index (Phi) is 5.68. The van der Waals surface area contributed by atoms with E-state index in [1.807, 2.05) is 24.3 Å². The number of methoxy groups -OCH3 is 2. The van der Waals surface area contributed by atoms with Crippen LogP contribution in [-0.2, 0) is 11.3 Å². The van der Waals surface area contributed by atoms with E-state index in [-0.39, 0.29) is 17.7 Å². The molecule has 0 unspecified atom stereocenters. The van der Waals surface area contributed by atoms with E-state index >= 15 is 0 Å². The first-order chi connectivity index (χ1) is 12.5. The lowest BCUT2D eigenvalue weighted by molar-refractivity contribution is -0.123. The van der Waals surface area contributed by atoms with Gasteiger partial charge in [-0.2, -0.15) is 0 Å². The molecule has 0 saturated carbocycles. The summed E-state index contributed by atoms with van der Waals surface area (Å²) in [6.07, 6.45) is 1.67. The van der Waals surface area contributed by atoms with Gasteiger partial charge in [-0.25, -0.2) is 0 Å². The van der Waals surface area contributed by atoms with E-state index in [0.29, 0.717) is 22.0 Å². The normalized spacial score (nSPS) is 15.7. The Hall–Kier alpha value is -2.25. The summed E-state index contributed by atoms with van der Waals surface area (Å²) in [7, 11) is 3.12. The van der Waals surface area contributed by atoms with Crippen molar-refractivity contribution < 1.29 is 19.1 Å². The number of hydrogen-bond donors (Lipinski definition) is 0. The number of hydrogen-bond acceptors (Lipinski definition) is 5. The number of imide groups is 1. The maximum atomic E-state index is 12.7. The minimum atomic E-state index is -0.311. The quantitative estimate of drug-likeness (QED) is 0.639. The van der Waals surface area contributed by atoms with Crippen molar-refractivity contribution in [1.82, 2.24) is 4.90 Å². The van der Waals surface area contributed by atoms with Gasteiger partial charge < -0.3 is 9.47 Å². The molecular formula is C19H16BrNO4S. The average molecular weight is 434 g/mol. The molecule has 5 nitrogen and oxygen atoms in total. The molecule has 3 rings (SSSR count). The van der Waals surface area contributed by atoms with E-state index in [4.69, 9.17) is 9.47 Å². The third kappa shape index (κ3) is 3.78. The molecule has 1 heterocycles. The molecule has 7 heteroatoms. The molecule has 0 bridgehead atoms. The van der Waals surface area contributed by atoms with Gasteiger partial charge in [0.05, 0.1) is 25.7 Å². The van der Waals surface area contributed by atoms with Gasteiger partial charge in [0, 0.05) is 16.1 Å². The molecule has 2 amide bonds. The van der Waals surface area contributed by atoms with Crippen LogP contribution in [0.3, 0.4) is 0 Å². The van der Waals surface area contributed by atoms with Crippen LogP contribution in [0.1, 0.15) is 11.1 Å². The molecule has 0 N–H and O–H groups in total. The molecule has 1 aliphatic heterocycles. The molecule has 0 radical (unpaired) electrons. The van der Waals surface area contributed by atoms with Crippen molar-refractivity contribution in [3.8, 4) is 11.5 Å². The number of amides is 2. The second-order valence-corrected chi connectivity index (χ2v) is 7.31. The molecule has 2 aromatic carbocycles. The predicted octanol–water partition coefficient (Wildman–Crippen LogP) is 4.70. The van der Waals surface area contributed by atoms with Crippen LogP contribution >= 0.6 is 27.7 Å². The first-order valence-electron chi connectivity index (χ1n) is 7.74. The van der Waals surface area contributed by atoms with Crippen LogP contribution in [-0.4, -0.2) is 30.3 Å². The van der Waals surface area contributed by atoms with Gasteiger partial charge in [-0.15, -0.1) is 0 Å². The fraction of sp³-hybridized carbons (Fsp3) is 0.158. The maximum Gasteiger partial charge on any atom is 0.293 e. The Morgan fingerprint density at radius 3 is 2.58 bits per heavy atom. The topological polar surface area (TPSA) is 55.8 Å². The molecular weight excluding hydrogens is 418 g/mol. The molecule has 134 valence electrons. The van der Waals surface area contributed by atoms with Gasteiger partial charge in [-0.1, -0.05) is 34.1 Å². The van der Waals surface area contributed by atoms with Crippen molar-refractivity contribution in [2.75, 3.05) is 14.2 Å². The van der Waals surface area contributed by atoms with Gasteiger partial charge in [0.2, 0.25) is 0 Å². The van der Waals surface area contributed by atoms with E-state index < -0.39 is 0 Å². The number of thioether (sulfide) groups is 1. The SMILES string of the molecule is COc1ccc(/C=C2\SC(=O)N(Cc3ccccc3Br)C2=O)c(OC)c1. The Bertz CT molecular complexity index is 897. The highest BCUT2D eigenvalue weighted by Crippen LogP contribution is 2.36. The molecule has 1 fully saturated rings. The van der Waals surface area contributed by atoms with Crippen molar-refractivity contribution in [2.24, 2.45) is 0 Å². The van der Waals surface area contributed by atoms with Crippen LogP contribution in [0.15, 0.2) is 51.8 Å². The molecule has 2 aromatic rings. The summed E-state index contributed by atoms with van der Waals surface area (Å²) in [6, 6.07) is 12.8. The van der Waals surface area contributed by atoms with E-state index in [9.17, 15) is 9.59 Å². The Balaban J connectivity index is 1.87. The average Bonchev–Trinajstić information content (AvgIpc) is 2.91. The zero-order chi connectivity index (χ0) is 18.7. The monoisotopic (exact) mass is 433 g/mol. The smallest absolute Gasteiger partial charge is 0.293 e. The first-order valence-corrected chi connectivity index (χ1v) is 9.35. The van der Waals surface area contributed by atoms with Gasteiger partial charge in [-0.05, 0) is 41.6 Å². The van der Waals surface area contributed by atoms with Crippen molar-refractivity contribution in [1.29, 1.82) is 0 Å². The van der Waals surface area contributed by atoms with Crippen LogP contribution in [0.25, 0.3) is 6.08 Å². The van der Waals surface area contributed by atoms with Gasteiger partial charge in [0.15, 0.2) is 0 Å². The standard InChI is InChI=1S/C19H16BrNO4S/c1-24-14-8-7-12(16(10-14)25-2)9-17-18(22)21(19(23)26-17)11-13-5-3-4-6-15(13)20/h3-10H,11H2,1-2H3/b17-9-. The molecule has 1 saturated heterocycles. The summed E-state index contributed by atoms with van der Waals surface area (Å²) < 4.78 is 11.4. The number of benzene rings is 2. The van der Waals surface area contributed by atoms with E-state index in [0.717, 1.165) is 21.8 Å². The van der Waals surface area contributed by atoms with Crippen LogP contribution in [0.5, 0.6) is 11.5 Å². The van der Waals surface area contributed by atoms with Crippen molar-refractivity contribution >= 4 is 44.9 Å². The molecule has 0 atom stereocenters. The van der Waals surface area contributed by atoms with Crippen LogP contribution in [0.2, 0.25) is 0 Å². The molecule has 0 aromatic heterocycles. The zero-order valence-corrected chi connectivity index (χ0v) is 16.6. The number of halogens is 1. The molecule has 1 aliphatic rings. The summed E-state index contributed by atoms with van der Waals surface area (Å²) in [6.45, 7) is 0.225. The second-order valence-electron chi connectivity index (χ2n) is 5.47. The lowest BCUT2D eigenvalue weighted by atomic mass is 10.1.